The van der Waals surface area contributed by atoms with E-state index in [2.05, 4.69) is 37.2 Å². The Hall–Kier alpha value is -2.77. The van der Waals surface area contributed by atoms with E-state index in [4.69, 9.17) is 19.5 Å². The number of aromatic amines is 2. The number of nitrogens with one attached hydrogen (secondary N) is 2. The molecular formula is C21H22FN8O8PS2. The van der Waals surface area contributed by atoms with Crippen molar-refractivity contribution < 1.29 is 33.0 Å². The molecule has 3 aliphatic rings. The van der Waals surface area contributed by atoms with Crippen LogP contribution < -0.4 is 16.9 Å². The van der Waals surface area contributed by atoms with Crippen LogP contribution in [0.5, 0.6) is 0 Å². The molecule has 7 rings (SSSR count). The molecule has 6 heterocycles. The van der Waals surface area contributed by atoms with Crippen molar-refractivity contribution in [1.82, 2.24) is 34.1 Å². The summed E-state index contributed by atoms with van der Waals surface area (Å²) in [5.41, 5.74) is 2.94. The summed E-state index contributed by atoms with van der Waals surface area (Å²) in [4.78, 5) is 41.3. The highest BCUT2D eigenvalue weighted by Crippen LogP contribution is 2.66. The third kappa shape index (κ3) is 4.17. The van der Waals surface area contributed by atoms with Gasteiger partial charge in [-0.15, -0.1) is 11.8 Å². The quantitative estimate of drug-likeness (QED) is 0.119. The topological polar surface area (TPSA) is 225 Å². The highest BCUT2D eigenvalue weighted by atomic mass is 32.7. The van der Waals surface area contributed by atoms with Crippen molar-refractivity contribution in [3.8, 4) is 0 Å². The van der Waals surface area contributed by atoms with Crippen LogP contribution in [0.3, 0.4) is 0 Å². The number of halogens is 1. The van der Waals surface area contributed by atoms with E-state index in [1.165, 1.54) is 45.8 Å². The van der Waals surface area contributed by atoms with Gasteiger partial charge in [0.1, 0.15) is 23.2 Å². The van der Waals surface area contributed by atoms with Gasteiger partial charge in [-0.2, -0.15) is 4.98 Å². The number of aliphatic hydroxyl groups excluding tert-OH is 1. The molecule has 0 spiro atoms. The third-order valence-corrected chi connectivity index (χ3v) is 10.6. The highest BCUT2D eigenvalue weighted by molar-refractivity contribution is 8.44. The fourth-order valence-corrected chi connectivity index (χ4v) is 8.77. The highest BCUT2D eigenvalue weighted by Gasteiger charge is 2.80. The molecule has 41 heavy (non-hydrogen) atoms. The lowest BCUT2D eigenvalue weighted by molar-refractivity contribution is -0.0576. The normalized spacial score (nSPS) is 34.3. The largest absolute Gasteiger partial charge is 0.395 e. The van der Waals surface area contributed by atoms with Crippen molar-refractivity contribution in [3.05, 3.63) is 45.6 Å². The van der Waals surface area contributed by atoms with Gasteiger partial charge in [0.25, 0.3) is 11.1 Å². The number of H-pyrrole nitrogens is 2. The van der Waals surface area contributed by atoms with Crippen LogP contribution in [-0.4, -0.2) is 86.2 Å². The van der Waals surface area contributed by atoms with Gasteiger partial charge in [0.2, 0.25) is 5.95 Å². The molecule has 0 radical (unpaired) electrons. The molecule has 20 heteroatoms. The summed E-state index contributed by atoms with van der Waals surface area (Å²) in [7, 11) is 0. The predicted molar refractivity (Wildman–Crippen MR) is 145 cm³/mol. The number of aliphatic hydroxyl groups is 2. The number of imidazole rings is 1. The van der Waals surface area contributed by atoms with Crippen LogP contribution >= 0.6 is 30.8 Å². The van der Waals surface area contributed by atoms with Crippen LogP contribution in [0.15, 0.2) is 34.5 Å². The number of nitrogens with zero attached hydrogens (tertiary/aromatic N) is 5. The Morgan fingerprint density at radius 1 is 1.29 bits per heavy atom. The number of thioether (sulfide) groups is 1. The van der Waals surface area contributed by atoms with Crippen LogP contribution in [0, 0.1) is 0 Å². The first kappa shape index (κ1) is 27.1. The van der Waals surface area contributed by atoms with Gasteiger partial charge in [-0.1, -0.05) is 12.2 Å². The lowest BCUT2D eigenvalue weighted by Crippen LogP contribution is -2.34. The number of rotatable bonds is 7. The number of aromatic nitrogens is 7. The number of hydrogen-bond acceptors (Lipinski definition) is 13. The fraction of sp³-hybridized carbons (Fsp3) is 0.476. The first-order valence-electron chi connectivity index (χ1n) is 12.3. The maximum atomic E-state index is 15.6. The first-order valence-corrected chi connectivity index (χ1v) is 15.9. The van der Waals surface area contributed by atoms with Gasteiger partial charge < -0.3 is 30.2 Å². The molecule has 2 aliphatic heterocycles. The minimum atomic E-state index is -4.26. The average molecular weight is 629 g/mol. The zero-order valence-electron chi connectivity index (χ0n) is 20.6. The summed E-state index contributed by atoms with van der Waals surface area (Å²) in [5, 5.41) is 20.0. The van der Waals surface area contributed by atoms with Gasteiger partial charge in [0.15, 0.2) is 29.2 Å². The summed E-state index contributed by atoms with van der Waals surface area (Å²) in [6, 6.07) is 1.45. The van der Waals surface area contributed by atoms with E-state index >= 15 is 4.39 Å². The minimum Gasteiger partial charge on any atom is -0.395 e. The first-order chi connectivity index (χ1) is 19.5. The number of anilines is 1. The van der Waals surface area contributed by atoms with Crippen molar-refractivity contribution >= 4 is 59.0 Å². The summed E-state index contributed by atoms with van der Waals surface area (Å²) in [6.07, 6.45) is -2.59. The van der Waals surface area contributed by atoms with Crippen molar-refractivity contribution in [3.63, 3.8) is 0 Å². The number of fused-ring (bicyclic) bond motifs is 3. The monoisotopic (exact) mass is 628 g/mol. The minimum absolute atomic E-state index is 0.0281. The second-order valence-electron chi connectivity index (χ2n) is 9.91. The molecule has 0 amide bonds. The van der Waals surface area contributed by atoms with E-state index in [1.54, 1.807) is 0 Å². The van der Waals surface area contributed by atoms with Crippen LogP contribution in [0.4, 0.5) is 10.3 Å². The van der Waals surface area contributed by atoms with Crippen LogP contribution in [0.2, 0.25) is 0 Å². The van der Waals surface area contributed by atoms with Crippen LogP contribution in [-0.2, 0) is 18.3 Å². The SMILES string of the molecule is Nc1nc2c(ncn2[C@@H]2S[C@H](CO)C[C@H]2OP(=O)(S)OC2[C@H]3O[C@@H](n4ccc5c(=O)[nH]cnc54)[C@@H](F)[C@@]23O)c(=O)[nH]1. The number of nitrogens with two attached hydrogens (primary N) is 1. The Morgan fingerprint density at radius 3 is 2.83 bits per heavy atom. The van der Waals surface area contributed by atoms with E-state index in [0.29, 0.717) is 0 Å². The number of nitrogen functional groups attached to an aromatic ring is 1. The number of hydrogen-bond donors (Lipinski definition) is 6. The van der Waals surface area contributed by atoms with Crippen molar-refractivity contribution in [2.75, 3.05) is 12.3 Å². The Kier molecular flexibility index (Phi) is 6.19. The summed E-state index contributed by atoms with van der Waals surface area (Å²) >= 11 is 5.35. The lowest BCUT2D eigenvalue weighted by Gasteiger charge is -2.26. The van der Waals surface area contributed by atoms with Gasteiger partial charge in [-0.25, -0.2) is 18.9 Å². The summed E-state index contributed by atoms with van der Waals surface area (Å²) < 4.78 is 48.7. The van der Waals surface area contributed by atoms with Gasteiger partial charge in [0, 0.05) is 11.4 Å². The molecule has 16 nitrogen and oxygen atoms in total. The number of alkyl halides is 1. The maximum Gasteiger partial charge on any atom is 0.386 e. The molecule has 2 unspecified atom stereocenters. The molecule has 0 aromatic carbocycles. The van der Waals surface area contributed by atoms with E-state index in [0.717, 1.165) is 0 Å². The Bertz CT molecular complexity index is 1850. The molecule has 9 atom stereocenters. The third-order valence-electron chi connectivity index (χ3n) is 7.43. The van der Waals surface area contributed by atoms with Crippen LogP contribution in [0.25, 0.3) is 22.2 Å². The molecule has 4 aromatic rings. The molecule has 4 aromatic heterocycles. The van der Waals surface area contributed by atoms with Crippen molar-refractivity contribution in [1.29, 1.82) is 0 Å². The van der Waals surface area contributed by atoms with E-state index in [9.17, 15) is 24.4 Å². The molecule has 1 saturated carbocycles. The Morgan fingerprint density at radius 2 is 2.10 bits per heavy atom. The zero-order valence-corrected chi connectivity index (χ0v) is 23.2. The maximum absolute atomic E-state index is 15.6. The second kappa shape index (κ2) is 9.37. The molecule has 3 fully saturated rings. The van der Waals surface area contributed by atoms with E-state index in [-0.39, 0.29) is 46.4 Å². The van der Waals surface area contributed by atoms with Gasteiger partial charge in [-0.05, 0) is 12.5 Å². The molecular weight excluding hydrogens is 606 g/mol. The van der Waals surface area contributed by atoms with Crippen molar-refractivity contribution in [2.24, 2.45) is 0 Å². The summed E-state index contributed by atoms with van der Waals surface area (Å²) in [5.74, 6) is -0.130. The number of ether oxygens (including phenoxy) is 1. The van der Waals surface area contributed by atoms with E-state index in [1.807, 2.05) is 0 Å². The van der Waals surface area contributed by atoms with Gasteiger partial charge in [0.05, 0.1) is 30.8 Å². The molecule has 6 N–H and O–H groups in total. The smallest absolute Gasteiger partial charge is 0.386 e. The number of thiol groups is 1. The average Bonchev–Trinajstić information content (AvgIpc) is 3.48. The van der Waals surface area contributed by atoms with Gasteiger partial charge >= 0.3 is 6.80 Å². The van der Waals surface area contributed by atoms with Crippen LogP contribution in [0.1, 0.15) is 18.0 Å². The standard InChI is InChI=1S/C21H22FN8O8PS2/c22-11-18(29-2-1-8-14(29)24-5-25-16(8)32)36-12-13(21(11,12)34)38-39(35,40)37-9-3-7(4-31)41-19(9)30-6-26-10-15(30)27-20(23)28-17(10)33/h1-2,5-7,9,11-13,18-19,31,34H,3-4H2,(H,35,40)(H,24,25,32)(H3,23,27,28,33)/t7-,9+,11+,12+,13?,18+,19+,21-,39?/m0/s1. The Labute approximate surface area is 237 Å². The zero-order chi connectivity index (χ0) is 28.8. The second-order valence-corrected chi connectivity index (χ2v) is 14.2. The van der Waals surface area contributed by atoms with Crippen molar-refractivity contribution in [2.45, 2.75) is 53.4 Å². The van der Waals surface area contributed by atoms with Gasteiger partial charge in [-0.3, -0.25) is 28.2 Å². The molecule has 0 bridgehead atoms. The van der Waals surface area contributed by atoms with E-state index < -0.39 is 59.6 Å². The fourth-order valence-electron chi connectivity index (χ4n) is 5.45. The predicted octanol–water partition coefficient (Wildman–Crippen LogP) is 0.225. The molecule has 1 aliphatic carbocycles. The lowest BCUT2D eigenvalue weighted by atomic mass is 10.2. The summed E-state index contributed by atoms with van der Waals surface area (Å²) in [6.45, 7) is -4.48. The Balaban J connectivity index is 1.09. The molecule has 2 saturated heterocycles. The molecule has 218 valence electrons.